The van der Waals surface area contributed by atoms with Crippen LogP contribution in [0.5, 0.6) is 11.5 Å². The van der Waals surface area contributed by atoms with Crippen molar-refractivity contribution in [2.45, 2.75) is 13.3 Å². The van der Waals surface area contributed by atoms with Gasteiger partial charge in [0.2, 0.25) is 0 Å². The van der Waals surface area contributed by atoms with Crippen molar-refractivity contribution >= 4 is 62.1 Å². The lowest BCUT2D eigenvalue weighted by atomic mass is 10.2. The Balaban J connectivity index is 1.81. The number of thioether (sulfide) groups is 1. The topological polar surface area (TPSA) is 67.9 Å². The van der Waals surface area contributed by atoms with E-state index in [1.165, 1.54) is 0 Å². The number of halogens is 1. The molecule has 0 aromatic heterocycles. The first-order valence-electron chi connectivity index (χ1n) is 9.09. The number of methoxy groups -OCH3 is 1. The highest BCUT2D eigenvalue weighted by atomic mass is 79.9. The van der Waals surface area contributed by atoms with Crippen molar-refractivity contribution in [3.63, 3.8) is 0 Å². The third-order valence-electron chi connectivity index (χ3n) is 4.04. The molecule has 0 aliphatic carbocycles. The molecule has 2 aromatic carbocycles. The zero-order chi connectivity index (χ0) is 21.7. The number of hydrazine groups is 1. The van der Waals surface area contributed by atoms with E-state index in [2.05, 4.69) is 21.4 Å². The molecular weight excluding hydrogens is 488 g/mol. The number of nitrogens with zero attached hydrogens (tertiary/aromatic N) is 1. The average molecular weight is 507 g/mol. The molecule has 1 N–H and O–H groups in total. The Hall–Kier alpha value is -2.36. The lowest BCUT2D eigenvalue weighted by molar-refractivity contribution is -0.123. The Bertz CT molecular complexity index is 1010. The highest BCUT2D eigenvalue weighted by Crippen LogP contribution is 2.39. The number of benzene rings is 2. The van der Waals surface area contributed by atoms with E-state index in [4.69, 9.17) is 21.7 Å². The van der Waals surface area contributed by atoms with Gasteiger partial charge in [0.15, 0.2) is 15.8 Å². The standard InChI is InChI=1S/C21H19BrN2O4S2/c1-3-9-28-18-15(22)10-13(11-16(18)27-2)12-17-20(26)24(21(29)30-17)23-19(25)14-7-5-4-6-8-14/h4-8,10-12H,3,9H2,1-2H3,(H,23,25)/b17-12-. The molecule has 1 aliphatic heterocycles. The van der Waals surface area contributed by atoms with Gasteiger partial charge in [0, 0.05) is 5.56 Å². The number of hydrogen-bond donors (Lipinski definition) is 1. The van der Waals surface area contributed by atoms with E-state index in [1.807, 2.05) is 19.1 Å². The second kappa shape index (κ2) is 10.1. The SMILES string of the molecule is CCCOc1c(Br)cc(/C=C2\SC(=S)N(NC(=O)c3ccccc3)C2=O)cc1OC. The lowest BCUT2D eigenvalue weighted by Crippen LogP contribution is -2.44. The minimum atomic E-state index is -0.407. The molecule has 30 heavy (non-hydrogen) atoms. The van der Waals surface area contributed by atoms with Crippen molar-refractivity contribution in [1.29, 1.82) is 0 Å². The minimum absolute atomic E-state index is 0.254. The average Bonchev–Trinajstić information content (AvgIpc) is 3.00. The first kappa shape index (κ1) is 22.3. The fourth-order valence-corrected chi connectivity index (χ4v) is 4.39. The molecule has 9 heteroatoms. The van der Waals surface area contributed by atoms with Gasteiger partial charge in [0.25, 0.3) is 11.8 Å². The van der Waals surface area contributed by atoms with E-state index in [9.17, 15) is 9.59 Å². The van der Waals surface area contributed by atoms with Crippen LogP contribution in [0, 0.1) is 0 Å². The number of carbonyl (C=O) groups excluding carboxylic acids is 2. The Morgan fingerprint density at radius 1 is 1.30 bits per heavy atom. The van der Waals surface area contributed by atoms with E-state index in [0.29, 0.717) is 28.6 Å². The molecule has 0 spiro atoms. The van der Waals surface area contributed by atoms with Crippen LogP contribution in [0.1, 0.15) is 29.3 Å². The van der Waals surface area contributed by atoms with E-state index in [0.717, 1.165) is 33.2 Å². The highest BCUT2D eigenvalue weighted by Gasteiger charge is 2.33. The summed E-state index contributed by atoms with van der Waals surface area (Å²) in [5, 5.41) is 1.09. The maximum Gasteiger partial charge on any atom is 0.285 e. The van der Waals surface area contributed by atoms with Crippen molar-refractivity contribution < 1.29 is 19.1 Å². The van der Waals surface area contributed by atoms with E-state index >= 15 is 0 Å². The zero-order valence-corrected chi connectivity index (χ0v) is 19.5. The summed E-state index contributed by atoms with van der Waals surface area (Å²) >= 11 is 9.90. The maximum atomic E-state index is 12.8. The molecule has 2 aromatic rings. The van der Waals surface area contributed by atoms with Crippen LogP contribution in [-0.2, 0) is 4.79 Å². The van der Waals surface area contributed by atoms with Crippen LogP contribution in [0.4, 0.5) is 0 Å². The minimum Gasteiger partial charge on any atom is -0.493 e. The molecule has 0 unspecified atom stereocenters. The second-order valence-electron chi connectivity index (χ2n) is 6.21. The molecule has 1 heterocycles. The Labute approximate surface area is 192 Å². The van der Waals surface area contributed by atoms with Gasteiger partial charge < -0.3 is 9.47 Å². The summed E-state index contributed by atoms with van der Waals surface area (Å²) in [5.41, 5.74) is 3.74. The fourth-order valence-electron chi connectivity index (χ4n) is 2.64. The smallest absolute Gasteiger partial charge is 0.285 e. The quantitative estimate of drug-likeness (QED) is 0.430. The monoisotopic (exact) mass is 506 g/mol. The predicted molar refractivity (Wildman–Crippen MR) is 125 cm³/mol. The summed E-state index contributed by atoms with van der Waals surface area (Å²) in [5.74, 6) is 0.363. The van der Waals surface area contributed by atoms with Gasteiger partial charge in [-0.1, -0.05) is 36.9 Å². The van der Waals surface area contributed by atoms with Crippen molar-refractivity contribution in [2.75, 3.05) is 13.7 Å². The van der Waals surface area contributed by atoms with Crippen LogP contribution in [-0.4, -0.2) is 34.9 Å². The Morgan fingerprint density at radius 3 is 2.70 bits per heavy atom. The van der Waals surface area contributed by atoms with Crippen molar-refractivity contribution in [3.8, 4) is 11.5 Å². The molecule has 6 nitrogen and oxygen atoms in total. The number of thiocarbonyl (C=S) groups is 1. The summed E-state index contributed by atoms with van der Waals surface area (Å²) in [6.07, 6.45) is 2.57. The largest absolute Gasteiger partial charge is 0.493 e. The number of amides is 2. The van der Waals surface area contributed by atoms with Crippen molar-refractivity contribution in [1.82, 2.24) is 10.4 Å². The first-order chi connectivity index (χ1) is 14.4. The first-order valence-corrected chi connectivity index (χ1v) is 11.1. The Kier molecular flexibility index (Phi) is 7.52. The second-order valence-corrected chi connectivity index (χ2v) is 8.74. The van der Waals surface area contributed by atoms with Crippen molar-refractivity contribution in [3.05, 3.63) is 63.0 Å². The van der Waals surface area contributed by atoms with Gasteiger partial charge in [-0.15, -0.1) is 0 Å². The molecule has 1 fully saturated rings. The van der Waals surface area contributed by atoms with Crippen LogP contribution in [0.2, 0.25) is 0 Å². The zero-order valence-electron chi connectivity index (χ0n) is 16.3. The van der Waals surface area contributed by atoms with Crippen LogP contribution >= 0.6 is 39.9 Å². The van der Waals surface area contributed by atoms with Crippen molar-refractivity contribution in [2.24, 2.45) is 0 Å². The highest BCUT2D eigenvalue weighted by molar-refractivity contribution is 9.10. The summed E-state index contributed by atoms with van der Waals surface area (Å²) in [7, 11) is 1.56. The van der Waals surface area contributed by atoms with Crippen LogP contribution in [0.15, 0.2) is 51.8 Å². The van der Waals surface area contributed by atoms with E-state index in [-0.39, 0.29) is 4.32 Å². The van der Waals surface area contributed by atoms with Crippen LogP contribution in [0.25, 0.3) is 6.08 Å². The van der Waals surface area contributed by atoms with E-state index < -0.39 is 11.8 Å². The molecule has 0 atom stereocenters. The molecule has 0 bridgehead atoms. The van der Waals surface area contributed by atoms with Gasteiger partial charge in [-0.2, -0.15) is 5.01 Å². The molecule has 0 saturated carbocycles. The summed E-state index contributed by atoms with van der Waals surface area (Å²) in [6, 6.07) is 12.2. The summed E-state index contributed by atoms with van der Waals surface area (Å²) in [4.78, 5) is 25.6. The molecule has 3 rings (SSSR count). The van der Waals surface area contributed by atoms with Crippen LogP contribution < -0.4 is 14.9 Å². The van der Waals surface area contributed by atoms with Gasteiger partial charge in [0.05, 0.1) is 23.1 Å². The Morgan fingerprint density at radius 2 is 2.03 bits per heavy atom. The summed E-state index contributed by atoms with van der Waals surface area (Å²) < 4.78 is 12.1. The number of rotatable bonds is 7. The number of nitrogens with one attached hydrogen (secondary N) is 1. The maximum absolute atomic E-state index is 12.8. The van der Waals surface area contributed by atoms with Gasteiger partial charge in [-0.25, -0.2) is 0 Å². The third kappa shape index (κ3) is 5.03. The fraction of sp³-hybridized carbons (Fsp3) is 0.190. The normalized spacial score (nSPS) is 14.9. The van der Waals surface area contributed by atoms with Gasteiger partial charge in [-0.3, -0.25) is 15.0 Å². The lowest BCUT2D eigenvalue weighted by Gasteiger charge is -2.15. The van der Waals surface area contributed by atoms with E-state index in [1.54, 1.807) is 43.5 Å². The molecule has 1 saturated heterocycles. The molecule has 2 amide bonds. The number of hydrogen-bond acceptors (Lipinski definition) is 6. The molecule has 0 radical (unpaired) electrons. The number of carbonyl (C=O) groups is 2. The summed E-state index contributed by atoms with van der Waals surface area (Å²) in [6.45, 7) is 2.58. The number of ether oxygens (including phenoxy) is 2. The van der Waals surface area contributed by atoms with Gasteiger partial charge in [0.1, 0.15) is 0 Å². The molecular formula is C21H19BrN2O4S2. The van der Waals surface area contributed by atoms with Crippen LogP contribution in [0.3, 0.4) is 0 Å². The van der Waals surface area contributed by atoms with Gasteiger partial charge >= 0.3 is 0 Å². The predicted octanol–water partition coefficient (Wildman–Crippen LogP) is 4.79. The van der Waals surface area contributed by atoms with Gasteiger partial charge in [-0.05, 0) is 70.5 Å². The molecule has 1 aliphatic rings. The molecule has 156 valence electrons. The third-order valence-corrected chi connectivity index (χ3v) is 5.93.